The van der Waals surface area contributed by atoms with Crippen molar-refractivity contribution in [2.45, 2.75) is 51.9 Å². The third kappa shape index (κ3) is 5.66. The maximum absolute atomic E-state index is 12.3. The van der Waals surface area contributed by atoms with Gasteiger partial charge < -0.3 is 9.64 Å². The van der Waals surface area contributed by atoms with Crippen molar-refractivity contribution in [1.29, 1.82) is 0 Å². The van der Waals surface area contributed by atoms with Crippen LogP contribution in [0.25, 0.3) is 0 Å². The summed E-state index contributed by atoms with van der Waals surface area (Å²) in [5.41, 5.74) is 2.77. The quantitative estimate of drug-likeness (QED) is 0.718. The lowest BCUT2D eigenvalue weighted by atomic mass is 9.90. The maximum Gasteiger partial charge on any atom is 0.305 e. The molecular formula is C20H29NO3. The van der Waals surface area contributed by atoms with E-state index < -0.39 is 0 Å². The summed E-state index contributed by atoms with van der Waals surface area (Å²) in [5.74, 6) is 0.528. The highest BCUT2D eigenvalue weighted by Gasteiger charge is 2.23. The molecule has 4 nitrogen and oxygen atoms in total. The largest absolute Gasteiger partial charge is 0.469 e. The molecule has 1 aliphatic heterocycles. The van der Waals surface area contributed by atoms with E-state index >= 15 is 0 Å². The number of piperidine rings is 1. The van der Waals surface area contributed by atoms with Gasteiger partial charge in [0, 0.05) is 25.9 Å². The van der Waals surface area contributed by atoms with Crippen LogP contribution in [-0.2, 0) is 20.7 Å². The highest BCUT2D eigenvalue weighted by Crippen LogP contribution is 2.23. The van der Waals surface area contributed by atoms with Gasteiger partial charge in [0.05, 0.1) is 7.11 Å². The van der Waals surface area contributed by atoms with Crippen LogP contribution in [0.15, 0.2) is 24.3 Å². The van der Waals surface area contributed by atoms with E-state index in [1.54, 1.807) is 0 Å². The van der Waals surface area contributed by atoms with E-state index in [2.05, 4.69) is 35.9 Å². The fourth-order valence-corrected chi connectivity index (χ4v) is 3.42. The van der Waals surface area contributed by atoms with Gasteiger partial charge in [-0.25, -0.2) is 0 Å². The molecule has 0 aliphatic carbocycles. The van der Waals surface area contributed by atoms with E-state index in [-0.39, 0.29) is 11.9 Å². The van der Waals surface area contributed by atoms with E-state index in [1.165, 1.54) is 24.7 Å². The van der Waals surface area contributed by atoms with Gasteiger partial charge in [-0.1, -0.05) is 24.3 Å². The topological polar surface area (TPSA) is 46.6 Å². The van der Waals surface area contributed by atoms with E-state index in [9.17, 15) is 9.59 Å². The molecule has 132 valence electrons. The first-order valence-corrected chi connectivity index (χ1v) is 8.99. The van der Waals surface area contributed by atoms with Crippen LogP contribution < -0.4 is 0 Å². The molecule has 0 aromatic heterocycles. The van der Waals surface area contributed by atoms with Crippen molar-refractivity contribution < 1.29 is 14.3 Å². The number of methoxy groups -OCH3 is 1. The second-order valence-electron chi connectivity index (χ2n) is 6.74. The van der Waals surface area contributed by atoms with Crippen molar-refractivity contribution in [1.82, 2.24) is 4.90 Å². The number of carbonyl (C=O) groups is 2. The number of nitrogens with zero attached hydrogens (tertiary/aromatic N) is 1. The second-order valence-corrected chi connectivity index (χ2v) is 6.74. The fourth-order valence-electron chi connectivity index (χ4n) is 3.42. The number of hydrogen-bond donors (Lipinski definition) is 0. The van der Waals surface area contributed by atoms with E-state index in [1.807, 2.05) is 4.90 Å². The Kier molecular flexibility index (Phi) is 7.29. The van der Waals surface area contributed by atoms with Crippen LogP contribution in [-0.4, -0.2) is 37.0 Å². The summed E-state index contributed by atoms with van der Waals surface area (Å²) in [5, 5.41) is 0. The van der Waals surface area contributed by atoms with Crippen LogP contribution in [0.3, 0.4) is 0 Å². The molecule has 2 rings (SSSR count). The van der Waals surface area contributed by atoms with E-state index in [4.69, 9.17) is 0 Å². The molecule has 0 bridgehead atoms. The number of likely N-dealkylation sites (tertiary alicyclic amines) is 1. The van der Waals surface area contributed by atoms with Crippen molar-refractivity contribution in [3.8, 4) is 0 Å². The van der Waals surface area contributed by atoms with Gasteiger partial charge >= 0.3 is 5.97 Å². The Hall–Kier alpha value is -1.84. The van der Waals surface area contributed by atoms with Gasteiger partial charge in [0.15, 0.2) is 0 Å². The van der Waals surface area contributed by atoms with E-state index in [0.29, 0.717) is 25.2 Å². The molecule has 24 heavy (non-hydrogen) atoms. The Labute approximate surface area is 145 Å². The van der Waals surface area contributed by atoms with E-state index in [0.717, 1.165) is 32.4 Å². The molecule has 0 saturated carbocycles. The Morgan fingerprint density at radius 2 is 2.04 bits per heavy atom. The van der Waals surface area contributed by atoms with Crippen LogP contribution >= 0.6 is 0 Å². The van der Waals surface area contributed by atoms with Gasteiger partial charge in [-0.3, -0.25) is 9.59 Å². The first-order valence-electron chi connectivity index (χ1n) is 8.99. The molecule has 1 heterocycles. The zero-order chi connectivity index (χ0) is 17.4. The summed E-state index contributed by atoms with van der Waals surface area (Å²) in [7, 11) is 1.38. The molecule has 4 heteroatoms. The summed E-state index contributed by atoms with van der Waals surface area (Å²) in [4.78, 5) is 25.4. The number of ether oxygens (including phenoxy) is 1. The van der Waals surface area contributed by atoms with Gasteiger partial charge in [-0.2, -0.15) is 0 Å². The molecule has 0 spiro atoms. The lowest BCUT2D eigenvalue weighted by molar-refractivity contribution is -0.141. The number of amides is 1. The minimum absolute atomic E-state index is 0.180. The van der Waals surface area contributed by atoms with Crippen LogP contribution in [0, 0.1) is 12.8 Å². The predicted octanol–water partition coefficient (Wildman–Crippen LogP) is 3.51. The molecule has 1 aromatic carbocycles. The molecule has 1 fully saturated rings. The Morgan fingerprint density at radius 1 is 1.25 bits per heavy atom. The average molecular weight is 331 g/mol. The lowest BCUT2D eigenvalue weighted by Gasteiger charge is -2.33. The number of benzene rings is 1. The lowest BCUT2D eigenvalue weighted by Crippen LogP contribution is -2.40. The minimum Gasteiger partial charge on any atom is -0.469 e. The summed E-state index contributed by atoms with van der Waals surface area (Å²) in [6.45, 7) is 3.88. The van der Waals surface area contributed by atoms with Crippen molar-refractivity contribution >= 4 is 11.9 Å². The molecule has 1 atom stereocenters. The fraction of sp³-hybridized carbons (Fsp3) is 0.600. The SMILES string of the molecule is COC(=O)CCCC(=O)N1CCC[C@@H](CCc2ccccc2C)C1. The molecule has 0 unspecified atom stereocenters. The van der Waals surface area contributed by atoms with Crippen molar-refractivity contribution in [3.05, 3.63) is 35.4 Å². The Balaban J connectivity index is 1.75. The highest BCUT2D eigenvalue weighted by atomic mass is 16.5. The molecule has 1 aromatic rings. The number of hydrogen-bond acceptors (Lipinski definition) is 3. The molecule has 0 radical (unpaired) electrons. The zero-order valence-corrected chi connectivity index (χ0v) is 14.9. The van der Waals surface area contributed by atoms with Crippen molar-refractivity contribution in [2.24, 2.45) is 5.92 Å². The normalized spacial score (nSPS) is 17.6. The van der Waals surface area contributed by atoms with Gasteiger partial charge in [0.2, 0.25) is 5.91 Å². The predicted molar refractivity (Wildman–Crippen MR) is 94.7 cm³/mol. The zero-order valence-electron chi connectivity index (χ0n) is 14.9. The van der Waals surface area contributed by atoms with Gasteiger partial charge in [0.1, 0.15) is 0 Å². The average Bonchev–Trinajstić information content (AvgIpc) is 2.61. The summed E-state index contributed by atoms with van der Waals surface area (Å²) < 4.78 is 4.61. The number of carbonyl (C=O) groups excluding carboxylic acids is 2. The van der Waals surface area contributed by atoms with Crippen molar-refractivity contribution in [2.75, 3.05) is 20.2 Å². The van der Waals surface area contributed by atoms with Crippen LogP contribution in [0.1, 0.15) is 49.7 Å². The maximum atomic E-state index is 12.3. The first-order chi connectivity index (χ1) is 11.6. The monoisotopic (exact) mass is 331 g/mol. The summed E-state index contributed by atoms with van der Waals surface area (Å²) in [6.07, 6.45) is 5.86. The number of esters is 1. The summed E-state index contributed by atoms with van der Waals surface area (Å²) >= 11 is 0. The van der Waals surface area contributed by atoms with Gasteiger partial charge in [-0.15, -0.1) is 0 Å². The standard InChI is InChI=1S/C20H29NO3/c1-16-7-3-4-9-18(16)13-12-17-8-6-14-21(15-17)19(22)10-5-11-20(23)24-2/h3-4,7,9,17H,5-6,8,10-15H2,1-2H3/t17-/m0/s1. The third-order valence-corrected chi connectivity index (χ3v) is 4.95. The van der Waals surface area contributed by atoms with Crippen LogP contribution in [0.5, 0.6) is 0 Å². The number of rotatable bonds is 7. The molecule has 1 saturated heterocycles. The van der Waals surface area contributed by atoms with Gasteiger partial charge in [0.25, 0.3) is 0 Å². The third-order valence-electron chi connectivity index (χ3n) is 4.95. The number of aryl methyl sites for hydroxylation is 2. The molecule has 0 N–H and O–H groups in total. The second kappa shape index (κ2) is 9.45. The van der Waals surface area contributed by atoms with Crippen LogP contribution in [0.2, 0.25) is 0 Å². The summed E-state index contributed by atoms with van der Waals surface area (Å²) in [6, 6.07) is 8.54. The van der Waals surface area contributed by atoms with Crippen LogP contribution in [0.4, 0.5) is 0 Å². The van der Waals surface area contributed by atoms with Gasteiger partial charge in [-0.05, 0) is 56.1 Å². The Bertz CT molecular complexity index is 556. The first kappa shape index (κ1) is 18.5. The highest BCUT2D eigenvalue weighted by molar-refractivity contribution is 5.77. The Morgan fingerprint density at radius 3 is 2.79 bits per heavy atom. The van der Waals surface area contributed by atoms with Crippen molar-refractivity contribution in [3.63, 3.8) is 0 Å². The molecule has 1 amide bonds. The molecule has 1 aliphatic rings. The minimum atomic E-state index is -0.238. The smallest absolute Gasteiger partial charge is 0.305 e. The molecular weight excluding hydrogens is 302 g/mol.